The molecule has 4 aromatic heterocycles. The van der Waals surface area contributed by atoms with E-state index < -0.39 is 6.85 Å². The highest BCUT2D eigenvalue weighted by molar-refractivity contribution is 7.25. The van der Waals surface area contributed by atoms with Crippen molar-refractivity contribution >= 4 is 81.5 Å². The average Bonchev–Trinajstić information content (AvgIpc) is 3.84. The quantitative estimate of drug-likeness (QED) is 0.210. The number of thiophene rings is 1. The highest BCUT2D eigenvalue weighted by atomic mass is 32.1. The van der Waals surface area contributed by atoms with E-state index in [-0.39, 0.29) is 11.9 Å². The van der Waals surface area contributed by atoms with E-state index >= 15 is 0 Å². The minimum absolute atomic E-state index is 0.0905. The van der Waals surface area contributed by atoms with E-state index in [1.165, 1.54) is 53.3 Å². The highest BCUT2D eigenvalue weighted by Crippen LogP contribution is 2.54. The zero-order valence-electron chi connectivity index (χ0n) is 29.0. The van der Waals surface area contributed by atoms with Gasteiger partial charge in [0.05, 0.1) is 28.0 Å². The van der Waals surface area contributed by atoms with Gasteiger partial charge in [-0.25, -0.2) is 4.98 Å². The molecule has 8 aromatic rings. The summed E-state index contributed by atoms with van der Waals surface area (Å²) < 4.78 is 31.8. The van der Waals surface area contributed by atoms with E-state index in [1.807, 2.05) is 30.3 Å². The summed E-state index contributed by atoms with van der Waals surface area (Å²) in [4.78, 5) is 13.4. The minimum Gasteiger partial charge on any atom is -0.456 e. The average molecular weight is 634 g/mol. The molecule has 1 aliphatic heterocycles. The van der Waals surface area contributed by atoms with Gasteiger partial charge in [0.1, 0.15) is 22.2 Å². The number of para-hydroxylation sites is 1. The molecule has 230 valence electrons. The van der Waals surface area contributed by atoms with Crippen LogP contribution in [0.4, 0.5) is 17.1 Å². The normalized spacial score (nSPS) is 18.2. The van der Waals surface area contributed by atoms with Crippen molar-refractivity contribution in [3.8, 4) is 0 Å². The lowest BCUT2D eigenvalue weighted by Crippen LogP contribution is -2.24. The summed E-state index contributed by atoms with van der Waals surface area (Å²) in [5.41, 5.74) is 8.82. The molecule has 2 aliphatic rings. The molecule has 5 nitrogen and oxygen atoms in total. The van der Waals surface area contributed by atoms with Crippen molar-refractivity contribution in [2.24, 2.45) is 0 Å². The van der Waals surface area contributed by atoms with Gasteiger partial charge in [0.2, 0.25) is 0 Å². The molecule has 0 amide bonds. The second-order valence-electron chi connectivity index (χ2n) is 13.1. The van der Waals surface area contributed by atoms with Gasteiger partial charge in [-0.15, -0.1) is 11.3 Å². The molecule has 0 saturated heterocycles. The van der Waals surface area contributed by atoms with Crippen LogP contribution in [0.1, 0.15) is 70.8 Å². The van der Waals surface area contributed by atoms with Crippen molar-refractivity contribution in [3.05, 3.63) is 114 Å². The molecular formula is C41H34N4OS. The number of aryl methyl sites for hydroxylation is 2. The summed E-state index contributed by atoms with van der Waals surface area (Å²) >= 11 is 1.78. The van der Waals surface area contributed by atoms with Crippen molar-refractivity contribution in [2.45, 2.75) is 58.0 Å². The lowest BCUT2D eigenvalue weighted by atomic mass is 9.86. The fraction of sp³-hybridized carbons (Fsp3) is 0.220. The summed E-state index contributed by atoms with van der Waals surface area (Å²) in [5, 5.41) is 9.28. The molecule has 10 rings (SSSR count). The molecule has 0 spiro atoms. The zero-order valence-corrected chi connectivity index (χ0v) is 26.8. The molecule has 1 saturated carbocycles. The molecule has 0 bridgehead atoms. The summed E-state index contributed by atoms with van der Waals surface area (Å²) in [6, 6.07) is 31.2. The molecule has 6 heteroatoms. The lowest BCUT2D eigenvalue weighted by molar-refractivity contribution is 0.437. The molecule has 4 aromatic carbocycles. The molecule has 1 N–H and O–H groups in total. The van der Waals surface area contributed by atoms with Crippen molar-refractivity contribution in [1.29, 1.82) is 0 Å². The SMILES string of the molecule is [2H]C([2H])([2H])c1ccc2c3c(ccc2n1)NC(c1cccc2c1sc1nc(C4CCCCC4)ccc12)N3c1ccc(C)c2oc3ccccc3c12. The van der Waals surface area contributed by atoms with E-state index in [2.05, 4.69) is 76.7 Å². The minimum atomic E-state index is -2.30. The summed E-state index contributed by atoms with van der Waals surface area (Å²) in [5.74, 6) is 0.542. The van der Waals surface area contributed by atoms with Crippen LogP contribution in [0.5, 0.6) is 0 Å². The Morgan fingerprint density at radius 3 is 2.62 bits per heavy atom. The molecule has 1 aliphatic carbocycles. The first-order valence-corrected chi connectivity index (χ1v) is 17.4. The van der Waals surface area contributed by atoms with E-state index in [1.54, 1.807) is 17.4 Å². The van der Waals surface area contributed by atoms with Gasteiger partial charge in [0.15, 0.2) is 0 Å². The number of hydrogen-bond donors (Lipinski definition) is 1. The van der Waals surface area contributed by atoms with E-state index in [0.717, 1.165) is 60.3 Å². The number of pyridine rings is 2. The smallest absolute Gasteiger partial charge is 0.140 e. The first-order valence-electron chi connectivity index (χ1n) is 18.1. The van der Waals surface area contributed by atoms with Gasteiger partial charge in [0, 0.05) is 53.2 Å². The Morgan fingerprint density at radius 1 is 0.830 bits per heavy atom. The largest absolute Gasteiger partial charge is 0.456 e. The van der Waals surface area contributed by atoms with E-state index in [4.69, 9.17) is 13.5 Å². The molecular weight excluding hydrogens is 597 g/mol. The zero-order chi connectivity index (χ0) is 33.7. The van der Waals surface area contributed by atoms with Crippen LogP contribution in [0.15, 0.2) is 95.4 Å². The van der Waals surface area contributed by atoms with Gasteiger partial charge in [-0.3, -0.25) is 4.98 Å². The maximum Gasteiger partial charge on any atom is 0.140 e. The monoisotopic (exact) mass is 633 g/mol. The van der Waals surface area contributed by atoms with Crippen molar-refractivity contribution in [3.63, 3.8) is 0 Å². The number of aromatic nitrogens is 2. The van der Waals surface area contributed by atoms with Crippen LogP contribution >= 0.6 is 11.3 Å². The summed E-state index contributed by atoms with van der Waals surface area (Å²) in [7, 11) is 0. The van der Waals surface area contributed by atoms with Crippen LogP contribution in [-0.2, 0) is 0 Å². The van der Waals surface area contributed by atoms with Gasteiger partial charge >= 0.3 is 0 Å². The number of anilines is 3. The van der Waals surface area contributed by atoms with Gasteiger partial charge in [0.25, 0.3) is 0 Å². The number of furan rings is 1. The third-order valence-electron chi connectivity index (χ3n) is 10.3. The number of hydrogen-bond acceptors (Lipinski definition) is 6. The fourth-order valence-electron chi connectivity index (χ4n) is 8.08. The molecule has 1 fully saturated rings. The third-order valence-corrected chi connectivity index (χ3v) is 11.5. The van der Waals surface area contributed by atoms with Crippen LogP contribution in [0, 0.1) is 13.8 Å². The highest BCUT2D eigenvalue weighted by Gasteiger charge is 2.36. The van der Waals surface area contributed by atoms with Crippen LogP contribution in [0.3, 0.4) is 0 Å². The van der Waals surface area contributed by atoms with Gasteiger partial charge in [-0.2, -0.15) is 0 Å². The number of fused-ring (bicyclic) bond motifs is 9. The molecule has 1 unspecified atom stereocenters. The molecule has 47 heavy (non-hydrogen) atoms. The Bertz CT molecular complexity index is 2650. The first kappa shape index (κ1) is 24.3. The van der Waals surface area contributed by atoms with Crippen molar-refractivity contribution < 1.29 is 8.53 Å². The van der Waals surface area contributed by atoms with Gasteiger partial charge < -0.3 is 14.6 Å². The van der Waals surface area contributed by atoms with Crippen LogP contribution in [0.2, 0.25) is 0 Å². The van der Waals surface area contributed by atoms with Gasteiger partial charge in [-0.1, -0.05) is 61.7 Å². The summed E-state index contributed by atoms with van der Waals surface area (Å²) in [6.07, 6.45) is 6.06. The van der Waals surface area contributed by atoms with E-state index in [0.29, 0.717) is 11.4 Å². The second-order valence-corrected chi connectivity index (χ2v) is 14.1. The van der Waals surface area contributed by atoms with Crippen molar-refractivity contribution in [1.82, 2.24) is 9.97 Å². The Morgan fingerprint density at radius 2 is 1.70 bits per heavy atom. The molecule has 5 heterocycles. The number of benzene rings is 4. The van der Waals surface area contributed by atoms with Crippen LogP contribution < -0.4 is 10.2 Å². The number of nitrogens with zero attached hydrogens (tertiary/aromatic N) is 3. The summed E-state index contributed by atoms with van der Waals surface area (Å²) in [6.45, 7) is -0.210. The molecule has 1 atom stereocenters. The standard InChI is InChI=1S/C41H34N4OS/c1-23-15-22-34(36-29-11-6-7-14-35(29)46-38(23)36)45-37-28-17-16-24(2)42-32(28)20-21-33(37)43-40(45)30-13-8-12-26-27-18-19-31(25-9-4-3-5-10-25)44-41(27)47-39(26)30/h6-8,11-22,25,40,43H,3-5,9-10H2,1-2H3/i2D3. The van der Waals surface area contributed by atoms with Crippen LogP contribution in [0.25, 0.3) is 53.1 Å². The second kappa shape index (κ2) is 10.3. The first-order chi connectivity index (χ1) is 24.3. The maximum atomic E-state index is 8.02. The van der Waals surface area contributed by atoms with Gasteiger partial charge in [-0.05, 0) is 80.7 Å². The van der Waals surface area contributed by atoms with Crippen molar-refractivity contribution in [2.75, 3.05) is 10.2 Å². The molecule has 0 radical (unpaired) electrons. The Kier molecular flexibility index (Phi) is 5.31. The maximum absolute atomic E-state index is 8.02. The topological polar surface area (TPSA) is 54.2 Å². The lowest BCUT2D eigenvalue weighted by Gasteiger charge is -2.29. The number of rotatable bonds is 3. The Hall–Kier alpha value is -4.94. The predicted octanol–water partition coefficient (Wildman–Crippen LogP) is 11.8. The van der Waals surface area contributed by atoms with E-state index in [9.17, 15) is 0 Å². The Labute approximate surface area is 281 Å². The Balaban J connectivity index is 1.22. The fourth-order valence-corrected chi connectivity index (χ4v) is 9.30. The predicted molar refractivity (Wildman–Crippen MR) is 196 cm³/mol. The van der Waals surface area contributed by atoms with Crippen LogP contribution in [-0.4, -0.2) is 9.97 Å². The third kappa shape index (κ3) is 4.07. The number of nitrogens with one attached hydrogen (secondary N) is 1.